The molecule has 1 amide bonds. The molecule has 1 heterocycles. The van der Waals surface area contributed by atoms with Crippen LogP contribution in [0.15, 0.2) is 48.5 Å². The van der Waals surface area contributed by atoms with E-state index in [1.807, 2.05) is 49.4 Å². The molecule has 2 aromatic rings. The first-order valence-corrected chi connectivity index (χ1v) is 8.53. The van der Waals surface area contributed by atoms with Crippen LogP contribution in [-0.4, -0.2) is 54.9 Å². The van der Waals surface area contributed by atoms with Gasteiger partial charge in [-0.25, -0.2) is 0 Å². The van der Waals surface area contributed by atoms with Crippen molar-refractivity contribution in [1.29, 1.82) is 0 Å². The van der Waals surface area contributed by atoms with E-state index in [0.29, 0.717) is 24.6 Å². The molecular formula is C20H23NO5. The molecule has 1 aliphatic heterocycles. The smallest absolute Gasteiger partial charge is 0.255 e. The molecule has 1 aliphatic rings. The maximum absolute atomic E-state index is 12.3. The summed E-state index contributed by atoms with van der Waals surface area (Å²) in [5, 5.41) is 10.1. The molecule has 0 unspecified atom stereocenters. The number of aliphatic hydroxyl groups excluding tert-OH is 1. The summed E-state index contributed by atoms with van der Waals surface area (Å²) < 4.78 is 16.5. The fraction of sp³-hybridized carbons (Fsp3) is 0.350. The molecule has 0 saturated carbocycles. The highest BCUT2D eigenvalue weighted by atomic mass is 16.5. The van der Waals surface area contributed by atoms with Crippen molar-refractivity contribution in [2.45, 2.75) is 19.1 Å². The number of carbonyl (C=O) groups is 1. The van der Waals surface area contributed by atoms with E-state index in [2.05, 4.69) is 0 Å². The number of carbonyl (C=O) groups excluding carboxylic acids is 1. The molecule has 1 saturated heterocycles. The second-order valence-electron chi connectivity index (χ2n) is 6.25. The van der Waals surface area contributed by atoms with Crippen LogP contribution in [0.3, 0.4) is 0 Å². The first-order valence-electron chi connectivity index (χ1n) is 8.53. The van der Waals surface area contributed by atoms with Crippen LogP contribution in [0.25, 0.3) is 0 Å². The van der Waals surface area contributed by atoms with Gasteiger partial charge in [0.25, 0.3) is 5.91 Å². The Morgan fingerprint density at radius 1 is 1.19 bits per heavy atom. The van der Waals surface area contributed by atoms with Crippen LogP contribution in [0, 0.1) is 6.92 Å². The van der Waals surface area contributed by atoms with Gasteiger partial charge < -0.3 is 24.2 Å². The van der Waals surface area contributed by atoms with Crippen molar-refractivity contribution in [2.24, 2.45) is 0 Å². The highest BCUT2D eigenvalue weighted by Crippen LogP contribution is 2.23. The SMILES string of the molecule is COc1cccc(OC2CN(C(=O)[C@@H](O)COc3ccccc3C)C2)c1. The van der Waals surface area contributed by atoms with Crippen molar-refractivity contribution in [3.05, 3.63) is 54.1 Å². The third-order valence-corrected chi connectivity index (χ3v) is 4.28. The van der Waals surface area contributed by atoms with Gasteiger partial charge in [0.1, 0.15) is 30.0 Å². The number of aryl methyl sites for hydroxylation is 1. The van der Waals surface area contributed by atoms with Crippen LogP contribution >= 0.6 is 0 Å². The summed E-state index contributed by atoms with van der Waals surface area (Å²) in [6.45, 7) is 2.73. The molecule has 0 aliphatic carbocycles. The van der Waals surface area contributed by atoms with Gasteiger partial charge in [-0.15, -0.1) is 0 Å². The number of ether oxygens (including phenoxy) is 3. The van der Waals surface area contributed by atoms with Crippen LogP contribution < -0.4 is 14.2 Å². The zero-order valence-corrected chi connectivity index (χ0v) is 14.9. The third-order valence-electron chi connectivity index (χ3n) is 4.28. The van der Waals surface area contributed by atoms with Gasteiger partial charge in [0.2, 0.25) is 0 Å². The van der Waals surface area contributed by atoms with E-state index in [4.69, 9.17) is 14.2 Å². The number of hydrogen-bond acceptors (Lipinski definition) is 5. The first kappa shape index (κ1) is 18.1. The van der Waals surface area contributed by atoms with Gasteiger partial charge in [-0.2, -0.15) is 0 Å². The van der Waals surface area contributed by atoms with Gasteiger partial charge in [0.15, 0.2) is 6.10 Å². The van der Waals surface area contributed by atoms with Crippen LogP contribution in [0.2, 0.25) is 0 Å². The fourth-order valence-corrected chi connectivity index (χ4v) is 2.73. The molecule has 3 rings (SSSR count). The number of nitrogens with zero attached hydrogens (tertiary/aromatic N) is 1. The standard InChI is InChI=1S/C20H23NO5/c1-14-6-3-4-9-19(14)25-13-18(22)20(23)21-11-17(12-21)26-16-8-5-7-15(10-16)24-2/h3-10,17-18,22H,11-13H2,1-2H3/t18-/m0/s1. The van der Waals surface area contributed by atoms with Crippen molar-refractivity contribution in [3.8, 4) is 17.2 Å². The maximum atomic E-state index is 12.3. The Labute approximate surface area is 152 Å². The first-order chi connectivity index (χ1) is 12.6. The molecule has 1 atom stereocenters. The summed E-state index contributed by atoms with van der Waals surface area (Å²) in [7, 11) is 1.60. The Bertz CT molecular complexity index is 757. The van der Waals surface area contributed by atoms with E-state index in [1.54, 1.807) is 18.1 Å². The summed E-state index contributed by atoms with van der Waals surface area (Å²) in [6, 6.07) is 14.8. The largest absolute Gasteiger partial charge is 0.497 e. The molecule has 1 fully saturated rings. The van der Waals surface area contributed by atoms with Crippen molar-refractivity contribution in [2.75, 3.05) is 26.8 Å². The van der Waals surface area contributed by atoms with Gasteiger partial charge in [0, 0.05) is 6.07 Å². The number of methoxy groups -OCH3 is 1. The molecule has 0 radical (unpaired) electrons. The third kappa shape index (κ3) is 4.26. The lowest BCUT2D eigenvalue weighted by Crippen LogP contribution is -2.59. The number of amides is 1. The molecule has 6 nitrogen and oxygen atoms in total. The Balaban J connectivity index is 1.44. The Kier molecular flexibility index (Phi) is 5.63. The average molecular weight is 357 g/mol. The van der Waals surface area contributed by atoms with Gasteiger partial charge >= 0.3 is 0 Å². The van der Waals surface area contributed by atoms with Crippen LogP contribution in [-0.2, 0) is 4.79 Å². The second kappa shape index (κ2) is 8.10. The Morgan fingerprint density at radius 3 is 2.65 bits per heavy atom. The van der Waals surface area contributed by atoms with E-state index >= 15 is 0 Å². The number of benzene rings is 2. The summed E-state index contributed by atoms with van der Waals surface area (Å²) >= 11 is 0. The predicted octanol–water partition coefficient (Wildman–Crippen LogP) is 2.03. The minimum absolute atomic E-state index is 0.0679. The molecule has 0 aromatic heterocycles. The Morgan fingerprint density at radius 2 is 1.92 bits per heavy atom. The van der Waals surface area contributed by atoms with E-state index in [0.717, 1.165) is 11.3 Å². The maximum Gasteiger partial charge on any atom is 0.255 e. The van der Waals surface area contributed by atoms with Gasteiger partial charge in [0.05, 0.1) is 20.2 Å². The molecule has 0 bridgehead atoms. The lowest BCUT2D eigenvalue weighted by atomic mass is 10.1. The summed E-state index contributed by atoms with van der Waals surface area (Å²) in [4.78, 5) is 13.8. The summed E-state index contributed by atoms with van der Waals surface area (Å²) in [6.07, 6.45) is -1.28. The zero-order chi connectivity index (χ0) is 18.5. The molecule has 1 N–H and O–H groups in total. The minimum atomic E-state index is -1.19. The van der Waals surface area contributed by atoms with Crippen molar-refractivity contribution >= 4 is 5.91 Å². The van der Waals surface area contributed by atoms with Crippen LogP contribution in [0.4, 0.5) is 0 Å². The molecule has 0 spiro atoms. The number of aliphatic hydroxyl groups is 1. The van der Waals surface area contributed by atoms with Crippen molar-refractivity contribution in [3.63, 3.8) is 0 Å². The van der Waals surface area contributed by atoms with Crippen molar-refractivity contribution in [1.82, 2.24) is 4.90 Å². The van der Waals surface area contributed by atoms with E-state index < -0.39 is 6.10 Å². The summed E-state index contributed by atoms with van der Waals surface area (Å²) in [5.74, 6) is 1.75. The molecule has 138 valence electrons. The number of likely N-dealkylation sites (tertiary alicyclic amines) is 1. The molecule has 6 heteroatoms. The van der Waals surface area contributed by atoms with Crippen LogP contribution in [0.1, 0.15) is 5.56 Å². The highest BCUT2D eigenvalue weighted by Gasteiger charge is 2.35. The monoisotopic (exact) mass is 357 g/mol. The zero-order valence-electron chi connectivity index (χ0n) is 14.9. The fourth-order valence-electron chi connectivity index (χ4n) is 2.73. The summed E-state index contributed by atoms with van der Waals surface area (Å²) in [5.41, 5.74) is 0.961. The quantitative estimate of drug-likeness (QED) is 0.821. The van der Waals surface area contributed by atoms with Gasteiger partial charge in [-0.3, -0.25) is 4.79 Å². The second-order valence-corrected chi connectivity index (χ2v) is 6.25. The van der Waals surface area contributed by atoms with Crippen LogP contribution in [0.5, 0.6) is 17.2 Å². The lowest BCUT2D eigenvalue weighted by molar-refractivity contribution is -0.150. The van der Waals surface area contributed by atoms with E-state index in [9.17, 15) is 9.90 Å². The molecular weight excluding hydrogens is 334 g/mol. The minimum Gasteiger partial charge on any atom is -0.497 e. The number of para-hydroxylation sites is 1. The predicted molar refractivity (Wildman–Crippen MR) is 96.7 cm³/mol. The normalized spacial score (nSPS) is 15.1. The van der Waals surface area contributed by atoms with E-state index in [1.165, 1.54) is 0 Å². The average Bonchev–Trinajstić information content (AvgIpc) is 2.63. The van der Waals surface area contributed by atoms with Gasteiger partial charge in [-0.1, -0.05) is 24.3 Å². The lowest BCUT2D eigenvalue weighted by Gasteiger charge is -2.39. The molecule has 2 aromatic carbocycles. The number of hydrogen-bond donors (Lipinski definition) is 1. The topological polar surface area (TPSA) is 68.2 Å². The van der Waals surface area contributed by atoms with Crippen molar-refractivity contribution < 1.29 is 24.1 Å². The highest BCUT2D eigenvalue weighted by molar-refractivity contribution is 5.81. The van der Waals surface area contributed by atoms with E-state index in [-0.39, 0.29) is 18.6 Å². The Hall–Kier alpha value is -2.73. The van der Waals surface area contributed by atoms with Gasteiger partial charge in [-0.05, 0) is 30.7 Å². The number of rotatable bonds is 7. The molecule has 26 heavy (non-hydrogen) atoms.